The molecule has 0 spiro atoms. The van der Waals surface area contributed by atoms with E-state index in [9.17, 15) is 18.0 Å². The van der Waals surface area contributed by atoms with Crippen molar-refractivity contribution < 1.29 is 22.7 Å². The molecular formula is C21H24N2O5S. The minimum absolute atomic E-state index is 0.198. The summed E-state index contributed by atoms with van der Waals surface area (Å²) < 4.78 is 31.6. The lowest BCUT2D eigenvalue weighted by molar-refractivity contribution is -0.145. The maximum Gasteiger partial charge on any atom is 0.328 e. The Morgan fingerprint density at radius 2 is 1.69 bits per heavy atom. The van der Waals surface area contributed by atoms with Gasteiger partial charge in [-0.25, -0.2) is 13.2 Å². The first kappa shape index (κ1) is 20.9. The lowest BCUT2D eigenvalue weighted by Gasteiger charge is -2.23. The van der Waals surface area contributed by atoms with Crippen LogP contribution in [0.4, 0.5) is 5.69 Å². The molecule has 0 aromatic heterocycles. The molecular weight excluding hydrogens is 392 g/mol. The number of methoxy groups -OCH3 is 1. The van der Waals surface area contributed by atoms with Crippen molar-refractivity contribution >= 4 is 27.6 Å². The summed E-state index contributed by atoms with van der Waals surface area (Å²) in [4.78, 5) is 26.4. The standard InChI is InChI=1S/C21H24N2O5S/c1-15-6-12-18(13-7-15)29(26,27)22(2)17-10-8-16(9-11-17)20(24)23-14-4-5-19(23)21(25)28-3/h6-13,19H,4-5,14H2,1-3H3/t19-/m0/s1. The van der Waals surface area contributed by atoms with Crippen LogP contribution in [0.25, 0.3) is 0 Å². The number of hydrogen-bond donors (Lipinski definition) is 0. The molecule has 1 aliphatic rings. The summed E-state index contributed by atoms with van der Waals surface area (Å²) in [5.74, 6) is -0.690. The minimum atomic E-state index is -3.70. The number of carbonyl (C=O) groups excluding carboxylic acids is 2. The highest BCUT2D eigenvalue weighted by Crippen LogP contribution is 2.25. The van der Waals surface area contributed by atoms with E-state index in [0.717, 1.165) is 12.0 Å². The highest BCUT2D eigenvalue weighted by molar-refractivity contribution is 7.92. The maximum absolute atomic E-state index is 12.8. The molecule has 8 heteroatoms. The van der Waals surface area contributed by atoms with Crippen LogP contribution in [0.3, 0.4) is 0 Å². The van der Waals surface area contributed by atoms with Gasteiger partial charge in [0.2, 0.25) is 0 Å². The third-order valence-electron chi connectivity index (χ3n) is 5.14. The molecule has 2 aromatic carbocycles. The van der Waals surface area contributed by atoms with E-state index in [1.165, 1.54) is 23.4 Å². The zero-order valence-electron chi connectivity index (χ0n) is 16.7. The van der Waals surface area contributed by atoms with Gasteiger partial charge in [0.05, 0.1) is 17.7 Å². The van der Waals surface area contributed by atoms with Crippen LogP contribution < -0.4 is 4.31 Å². The van der Waals surface area contributed by atoms with Crippen molar-refractivity contribution in [2.75, 3.05) is 25.0 Å². The predicted octanol–water partition coefficient (Wildman–Crippen LogP) is 2.60. The summed E-state index contributed by atoms with van der Waals surface area (Å²) in [6, 6.07) is 12.4. The number of likely N-dealkylation sites (tertiary alicyclic amines) is 1. The van der Waals surface area contributed by atoms with E-state index in [0.29, 0.717) is 24.2 Å². The van der Waals surface area contributed by atoms with E-state index in [1.54, 1.807) is 48.5 Å². The van der Waals surface area contributed by atoms with Crippen molar-refractivity contribution in [2.45, 2.75) is 30.7 Å². The quantitative estimate of drug-likeness (QED) is 0.700. The number of esters is 1. The van der Waals surface area contributed by atoms with Gasteiger partial charge in [0.25, 0.3) is 15.9 Å². The van der Waals surface area contributed by atoms with Crippen molar-refractivity contribution in [2.24, 2.45) is 0 Å². The zero-order valence-corrected chi connectivity index (χ0v) is 17.5. The van der Waals surface area contributed by atoms with Gasteiger partial charge < -0.3 is 9.64 Å². The summed E-state index contributed by atoms with van der Waals surface area (Å²) in [5.41, 5.74) is 1.81. The monoisotopic (exact) mass is 416 g/mol. The second-order valence-electron chi connectivity index (χ2n) is 7.01. The summed E-state index contributed by atoms with van der Waals surface area (Å²) in [7, 11) is -0.924. The third-order valence-corrected chi connectivity index (χ3v) is 6.94. The molecule has 1 heterocycles. The molecule has 0 radical (unpaired) electrons. The fourth-order valence-corrected chi connectivity index (χ4v) is 4.57. The van der Waals surface area contributed by atoms with E-state index in [4.69, 9.17) is 4.74 Å². The highest BCUT2D eigenvalue weighted by Gasteiger charge is 2.35. The molecule has 7 nitrogen and oxygen atoms in total. The summed E-state index contributed by atoms with van der Waals surface area (Å²) in [6.07, 6.45) is 1.31. The number of aryl methyl sites for hydroxylation is 1. The largest absolute Gasteiger partial charge is 0.467 e. The van der Waals surface area contributed by atoms with Crippen molar-refractivity contribution in [1.29, 1.82) is 0 Å². The van der Waals surface area contributed by atoms with E-state index in [-0.39, 0.29) is 10.8 Å². The normalized spacial score (nSPS) is 16.5. The van der Waals surface area contributed by atoms with Gasteiger partial charge in [0.1, 0.15) is 6.04 Å². The maximum atomic E-state index is 12.8. The molecule has 1 amide bonds. The number of amides is 1. The van der Waals surface area contributed by atoms with Crippen LogP contribution in [0, 0.1) is 6.92 Å². The van der Waals surface area contributed by atoms with Crippen molar-refractivity contribution in [3.8, 4) is 0 Å². The van der Waals surface area contributed by atoms with Crippen LogP contribution in [0.1, 0.15) is 28.8 Å². The Morgan fingerprint density at radius 3 is 2.28 bits per heavy atom. The Balaban J connectivity index is 1.80. The number of ether oxygens (including phenoxy) is 1. The molecule has 1 atom stereocenters. The van der Waals surface area contributed by atoms with Gasteiger partial charge >= 0.3 is 5.97 Å². The van der Waals surface area contributed by atoms with Gasteiger partial charge in [-0.1, -0.05) is 17.7 Å². The Hall–Kier alpha value is -2.87. The first-order chi connectivity index (χ1) is 13.8. The Morgan fingerprint density at radius 1 is 1.07 bits per heavy atom. The van der Waals surface area contributed by atoms with E-state index >= 15 is 0 Å². The molecule has 154 valence electrons. The Labute approximate surface area is 170 Å². The minimum Gasteiger partial charge on any atom is -0.467 e. The number of sulfonamides is 1. The van der Waals surface area contributed by atoms with Crippen LogP contribution in [-0.2, 0) is 19.6 Å². The van der Waals surface area contributed by atoms with Gasteiger partial charge in [0, 0.05) is 19.2 Å². The Bertz CT molecular complexity index is 1000. The summed E-state index contributed by atoms with van der Waals surface area (Å²) in [6.45, 7) is 2.38. The molecule has 0 aliphatic carbocycles. The van der Waals surface area contributed by atoms with Crippen LogP contribution >= 0.6 is 0 Å². The molecule has 0 N–H and O–H groups in total. The van der Waals surface area contributed by atoms with Crippen LogP contribution in [0.5, 0.6) is 0 Å². The molecule has 1 saturated heterocycles. The summed E-state index contributed by atoms with van der Waals surface area (Å²) >= 11 is 0. The van der Waals surface area contributed by atoms with Gasteiger partial charge in [0.15, 0.2) is 0 Å². The van der Waals surface area contributed by atoms with Crippen LogP contribution in [-0.4, -0.2) is 51.9 Å². The van der Waals surface area contributed by atoms with Crippen LogP contribution in [0.2, 0.25) is 0 Å². The number of rotatable bonds is 5. The van der Waals surface area contributed by atoms with Gasteiger partial charge in [-0.2, -0.15) is 0 Å². The average Bonchev–Trinajstić information content (AvgIpc) is 3.22. The fraction of sp³-hybridized carbons (Fsp3) is 0.333. The molecule has 0 saturated carbocycles. The average molecular weight is 416 g/mol. The number of nitrogens with zero attached hydrogens (tertiary/aromatic N) is 2. The number of carbonyl (C=O) groups is 2. The molecule has 1 aliphatic heterocycles. The second kappa shape index (κ2) is 8.24. The van der Waals surface area contributed by atoms with Crippen molar-refractivity contribution in [3.05, 3.63) is 59.7 Å². The first-order valence-electron chi connectivity index (χ1n) is 9.30. The predicted molar refractivity (Wildman–Crippen MR) is 109 cm³/mol. The number of anilines is 1. The molecule has 0 bridgehead atoms. The first-order valence-corrected chi connectivity index (χ1v) is 10.7. The Kier molecular flexibility index (Phi) is 5.93. The number of hydrogen-bond acceptors (Lipinski definition) is 5. The van der Waals surface area contributed by atoms with Gasteiger partial charge in [-0.15, -0.1) is 0 Å². The summed E-state index contributed by atoms with van der Waals surface area (Å²) in [5, 5.41) is 0. The topological polar surface area (TPSA) is 84.0 Å². The SMILES string of the molecule is COC(=O)[C@@H]1CCCN1C(=O)c1ccc(N(C)S(=O)(=O)c2ccc(C)cc2)cc1. The van der Waals surface area contributed by atoms with E-state index in [1.807, 2.05) is 6.92 Å². The molecule has 1 fully saturated rings. The molecule has 29 heavy (non-hydrogen) atoms. The van der Waals surface area contributed by atoms with Crippen molar-refractivity contribution in [3.63, 3.8) is 0 Å². The number of benzene rings is 2. The van der Waals surface area contributed by atoms with Gasteiger partial charge in [-0.05, 0) is 56.2 Å². The molecule has 2 aromatic rings. The van der Waals surface area contributed by atoms with Gasteiger partial charge in [-0.3, -0.25) is 9.10 Å². The fourth-order valence-electron chi connectivity index (χ4n) is 3.38. The third kappa shape index (κ3) is 4.12. The molecule has 3 rings (SSSR count). The highest BCUT2D eigenvalue weighted by atomic mass is 32.2. The van der Waals surface area contributed by atoms with E-state index in [2.05, 4.69) is 0 Å². The van der Waals surface area contributed by atoms with Crippen molar-refractivity contribution in [1.82, 2.24) is 4.90 Å². The lowest BCUT2D eigenvalue weighted by atomic mass is 10.1. The second-order valence-corrected chi connectivity index (χ2v) is 8.98. The van der Waals surface area contributed by atoms with Crippen LogP contribution in [0.15, 0.2) is 53.4 Å². The zero-order chi connectivity index (χ0) is 21.2. The van der Waals surface area contributed by atoms with E-state index < -0.39 is 22.0 Å². The molecule has 0 unspecified atom stereocenters. The lowest BCUT2D eigenvalue weighted by Crippen LogP contribution is -2.41. The smallest absolute Gasteiger partial charge is 0.328 e.